The maximum Gasteiger partial charge on any atom is 0.412 e. The highest BCUT2D eigenvalue weighted by Crippen LogP contribution is 2.24. The van der Waals surface area contributed by atoms with E-state index in [2.05, 4.69) is 20.9 Å². The first-order chi connectivity index (χ1) is 24.1. The topological polar surface area (TPSA) is 131 Å². The molecule has 1 aliphatic rings. The summed E-state index contributed by atoms with van der Waals surface area (Å²) in [6, 6.07) is 27.6. The zero-order chi connectivity index (χ0) is 35.3. The molecule has 0 spiro atoms. The molecule has 260 valence electrons. The van der Waals surface area contributed by atoms with Gasteiger partial charge in [0, 0.05) is 50.4 Å². The van der Waals surface area contributed by atoms with Gasteiger partial charge in [-0.05, 0) is 80.3 Å². The largest absolute Gasteiger partial charge is 0.459 e. The van der Waals surface area contributed by atoms with Gasteiger partial charge in [0.2, 0.25) is 6.29 Å². The fraction of sp³-hybridized carbons (Fsp3) is 0.282. The van der Waals surface area contributed by atoms with E-state index in [0.717, 1.165) is 16.7 Å². The van der Waals surface area contributed by atoms with Crippen LogP contribution < -0.4 is 16.0 Å². The van der Waals surface area contributed by atoms with Crippen molar-refractivity contribution >= 4 is 29.4 Å². The number of hydrogen-bond acceptors (Lipinski definition) is 7. The minimum absolute atomic E-state index is 0.213. The van der Waals surface area contributed by atoms with Crippen molar-refractivity contribution in [3.63, 3.8) is 0 Å². The summed E-state index contributed by atoms with van der Waals surface area (Å²) in [5.41, 5.74) is 3.66. The zero-order valence-corrected chi connectivity index (χ0v) is 28.6. The van der Waals surface area contributed by atoms with E-state index in [0.29, 0.717) is 61.6 Å². The summed E-state index contributed by atoms with van der Waals surface area (Å²) in [7, 11) is 0. The molecule has 0 bridgehead atoms. The molecule has 0 fully saturated rings. The van der Waals surface area contributed by atoms with Crippen molar-refractivity contribution in [2.24, 2.45) is 0 Å². The Kier molecular flexibility index (Phi) is 12.1. The number of pyridine rings is 1. The molecular weight excluding hydrogens is 634 g/mol. The first-order valence-corrected chi connectivity index (χ1v) is 16.6. The number of aromatic nitrogens is 1. The van der Waals surface area contributed by atoms with E-state index in [9.17, 15) is 14.4 Å². The Morgan fingerprint density at radius 1 is 0.800 bits per heavy atom. The highest BCUT2D eigenvalue weighted by molar-refractivity contribution is 6.06. The van der Waals surface area contributed by atoms with Crippen molar-refractivity contribution in [3.8, 4) is 0 Å². The van der Waals surface area contributed by atoms with E-state index < -0.39 is 11.7 Å². The third-order valence-corrected chi connectivity index (χ3v) is 7.63. The number of para-hydroxylation sites is 2. The van der Waals surface area contributed by atoms with Crippen LogP contribution in [0.1, 0.15) is 54.2 Å². The number of hydrogen-bond donors (Lipinski definition) is 3. The number of nitrogens with one attached hydrogen (secondary N) is 3. The van der Waals surface area contributed by atoms with Crippen molar-refractivity contribution in [2.75, 3.05) is 23.7 Å². The average Bonchev–Trinajstić information content (AvgIpc) is 3.54. The molecule has 2 heterocycles. The van der Waals surface area contributed by atoms with Gasteiger partial charge in [0.15, 0.2) is 0 Å². The molecule has 11 nitrogen and oxygen atoms in total. The van der Waals surface area contributed by atoms with Gasteiger partial charge in [-0.15, -0.1) is 0 Å². The Morgan fingerprint density at radius 3 is 2.18 bits per heavy atom. The molecule has 1 aromatic heterocycles. The molecule has 4 aromatic rings. The first-order valence-electron chi connectivity index (χ1n) is 16.6. The van der Waals surface area contributed by atoms with Crippen molar-refractivity contribution in [2.45, 2.75) is 58.5 Å². The lowest BCUT2D eigenvalue weighted by atomic mass is 10.1. The monoisotopic (exact) mass is 677 g/mol. The maximum atomic E-state index is 13.4. The third-order valence-electron chi connectivity index (χ3n) is 7.63. The van der Waals surface area contributed by atoms with E-state index in [1.807, 2.05) is 54.6 Å². The standard InChI is InChI=1S/C39H43N5O6/c1-39(2,3)50-38(47)43-34-12-8-7-11-33(34)42-36(45)31-15-13-30(14-16-31)26-44(24-20-28-17-21-40-22-18-28)37(46)41-23-19-32-27-48-35(49-32)25-29-9-5-4-6-10-29/h4-18,21-22,27,35H,19-20,23-26H2,1-3H3,(H,41,46)(H,42,45)(H,43,47). The molecule has 0 radical (unpaired) electrons. The molecule has 0 saturated heterocycles. The van der Waals surface area contributed by atoms with E-state index >= 15 is 0 Å². The number of anilines is 2. The molecular formula is C39H43N5O6. The number of benzene rings is 3. The Bertz CT molecular complexity index is 1760. The van der Waals surface area contributed by atoms with Gasteiger partial charge in [0.05, 0.1) is 11.4 Å². The lowest BCUT2D eigenvalue weighted by molar-refractivity contribution is -0.0314. The highest BCUT2D eigenvalue weighted by atomic mass is 16.7. The lowest BCUT2D eigenvalue weighted by Crippen LogP contribution is -2.41. The fourth-order valence-corrected chi connectivity index (χ4v) is 5.15. The number of rotatable bonds is 13. The molecule has 4 amide bonds. The summed E-state index contributed by atoms with van der Waals surface area (Å²) in [5.74, 6) is 0.340. The van der Waals surface area contributed by atoms with Crippen LogP contribution in [0, 0.1) is 0 Å². The number of amides is 4. The van der Waals surface area contributed by atoms with Crippen LogP contribution in [0.5, 0.6) is 0 Å². The summed E-state index contributed by atoms with van der Waals surface area (Å²) in [4.78, 5) is 44.7. The fourth-order valence-electron chi connectivity index (χ4n) is 5.15. The number of nitrogens with zero attached hydrogens (tertiary/aromatic N) is 2. The van der Waals surface area contributed by atoms with Crippen LogP contribution in [0.4, 0.5) is 21.0 Å². The molecule has 11 heteroatoms. The minimum Gasteiger partial charge on any atom is -0.459 e. The predicted molar refractivity (Wildman–Crippen MR) is 191 cm³/mol. The summed E-state index contributed by atoms with van der Waals surface area (Å²) in [6.45, 7) is 6.52. The van der Waals surface area contributed by atoms with Crippen LogP contribution in [0.3, 0.4) is 0 Å². The van der Waals surface area contributed by atoms with E-state index in [1.54, 1.807) is 80.7 Å². The number of ether oxygens (including phenoxy) is 3. The summed E-state index contributed by atoms with van der Waals surface area (Å²) < 4.78 is 16.9. The second-order valence-electron chi connectivity index (χ2n) is 12.8. The van der Waals surface area contributed by atoms with Gasteiger partial charge in [0.1, 0.15) is 17.6 Å². The molecule has 1 atom stereocenters. The van der Waals surface area contributed by atoms with Gasteiger partial charge in [-0.1, -0.05) is 54.6 Å². The van der Waals surface area contributed by atoms with E-state index in [1.165, 1.54) is 0 Å². The van der Waals surface area contributed by atoms with Gasteiger partial charge in [-0.25, -0.2) is 9.59 Å². The molecule has 0 saturated carbocycles. The molecule has 3 N–H and O–H groups in total. The summed E-state index contributed by atoms with van der Waals surface area (Å²) in [6.07, 6.45) is 5.87. The van der Waals surface area contributed by atoms with Gasteiger partial charge >= 0.3 is 12.1 Å². The second-order valence-corrected chi connectivity index (χ2v) is 12.8. The van der Waals surface area contributed by atoms with Crippen molar-refractivity contribution < 1.29 is 28.6 Å². The van der Waals surface area contributed by atoms with Crippen LogP contribution in [0.15, 0.2) is 115 Å². The van der Waals surface area contributed by atoms with Gasteiger partial charge < -0.3 is 29.7 Å². The Balaban J connectivity index is 1.16. The molecule has 3 aromatic carbocycles. The second kappa shape index (κ2) is 17.0. The Hall–Kier alpha value is -5.84. The smallest absolute Gasteiger partial charge is 0.412 e. The van der Waals surface area contributed by atoms with Gasteiger partial charge in [-0.3, -0.25) is 15.1 Å². The van der Waals surface area contributed by atoms with Crippen LogP contribution in [0.2, 0.25) is 0 Å². The Morgan fingerprint density at radius 2 is 1.48 bits per heavy atom. The SMILES string of the molecule is CC(C)(C)OC(=O)Nc1ccccc1NC(=O)c1ccc(CN(CCc2ccncc2)C(=O)NCCC2=COC(Cc3ccccc3)O2)cc1. The van der Waals surface area contributed by atoms with Crippen LogP contribution in [-0.2, 0) is 33.6 Å². The van der Waals surface area contributed by atoms with Crippen molar-refractivity contribution in [3.05, 3.63) is 138 Å². The van der Waals surface area contributed by atoms with Crippen LogP contribution in [-0.4, -0.2) is 52.9 Å². The average molecular weight is 678 g/mol. The normalized spacial score (nSPS) is 13.7. The van der Waals surface area contributed by atoms with Crippen LogP contribution >= 0.6 is 0 Å². The summed E-state index contributed by atoms with van der Waals surface area (Å²) >= 11 is 0. The van der Waals surface area contributed by atoms with E-state index in [-0.39, 0.29) is 18.2 Å². The molecule has 50 heavy (non-hydrogen) atoms. The van der Waals surface area contributed by atoms with E-state index in [4.69, 9.17) is 14.2 Å². The maximum absolute atomic E-state index is 13.4. The molecule has 0 aliphatic carbocycles. The summed E-state index contributed by atoms with van der Waals surface area (Å²) in [5, 5.41) is 8.57. The highest BCUT2D eigenvalue weighted by Gasteiger charge is 2.21. The van der Waals surface area contributed by atoms with Gasteiger partial charge in [-0.2, -0.15) is 0 Å². The molecule has 1 unspecified atom stereocenters. The number of urea groups is 1. The lowest BCUT2D eigenvalue weighted by Gasteiger charge is -2.23. The minimum atomic E-state index is -0.663. The Labute approximate surface area is 292 Å². The quantitative estimate of drug-likeness (QED) is 0.136. The molecule has 1 aliphatic heterocycles. The van der Waals surface area contributed by atoms with Crippen molar-refractivity contribution in [1.29, 1.82) is 0 Å². The molecule has 5 rings (SSSR count). The number of carbonyl (C=O) groups is 3. The zero-order valence-electron chi connectivity index (χ0n) is 28.6. The van der Waals surface area contributed by atoms with Crippen molar-refractivity contribution in [1.82, 2.24) is 15.2 Å². The van der Waals surface area contributed by atoms with Gasteiger partial charge in [0.25, 0.3) is 5.91 Å². The number of carbonyl (C=O) groups excluding carboxylic acids is 3. The third kappa shape index (κ3) is 11.1. The van der Waals surface area contributed by atoms with Crippen LogP contribution in [0.25, 0.3) is 0 Å². The first kappa shape index (κ1) is 35.5. The predicted octanol–water partition coefficient (Wildman–Crippen LogP) is 7.28.